The molecule has 0 amide bonds. The Bertz CT molecular complexity index is 4030. The lowest BCUT2D eigenvalue weighted by molar-refractivity contribution is -0.312. The third-order valence-electron chi connectivity index (χ3n) is 17.9. The van der Waals surface area contributed by atoms with Gasteiger partial charge in [0.15, 0.2) is 12.2 Å². The zero-order chi connectivity index (χ0) is 76.2. The van der Waals surface area contributed by atoms with E-state index in [1.54, 1.807) is 0 Å². The van der Waals surface area contributed by atoms with Gasteiger partial charge in [0, 0.05) is 27.7 Å². The highest BCUT2D eigenvalue weighted by Gasteiger charge is 2.55. The number of rotatable bonds is 37. The van der Waals surface area contributed by atoms with E-state index in [2.05, 4.69) is 0 Å². The van der Waals surface area contributed by atoms with Crippen LogP contribution in [-0.2, 0) is 143 Å². The number of hydrogen-bond donors (Lipinski definition) is 0. The first-order valence-electron chi connectivity index (χ1n) is 36.3. The summed E-state index contributed by atoms with van der Waals surface area (Å²) in [7, 11) is 0. The molecule has 25 heteroatoms. The molecular formula is C85H89N3O22. The number of carbonyl (C=O) groups is 4. The molecule has 3 aliphatic rings. The molecule has 15 atom stereocenters. The lowest BCUT2D eigenvalue weighted by Gasteiger charge is -2.45. The van der Waals surface area contributed by atoms with Crippen molar-refractivity contribution in [2.75, 3.05) is 19.8 Å². The van der Waals surface area contributed by atoms with E-state index in [4.69, 9.17) is 100 Å². The Morgan fingerprint density at radius 1 is 0.264 bits per heavy atom. The van der Waals surface area contributed by atoms with Gasteiger partial charge in [-0.3, -0.25) is 19.2 Å². The van der Waals surface area contributed by atoms with Gasteiger partial charge in [0.2, 0.25) is 25.0 Å². The quantitative estimate of drug-likeness (QED) is 0.0258. The number of benzene rings is 8. The first kappa shape index (κ1) is 79.2. The van der Waals surface area contributed by atoms with Gasteiger partial charge in [-0.2, -0.15) is 0 Å². The predicted octanol–water partition coefficient (Wildman–Crippen LogP) is 11.5. The third kappa shape index (κ3) is 23.6. The maximum atomic E-state index is 13.3. The van der Waals surface area contributed by atoms with E-state index in [-0.39, 0.29) is 66.1 Å². The van der Waals surface area contributed by atoms with E-state index in [0.717, 1.165) is 72.2 Å². The fourth-order valence-electron chi connectivity index (χ4n) is 12.8. The minimum Gasteiger partial charge on any atom is -0.463 e. The summed E-state index contributed by atoms with van der Waals surface area (Å²) < 4.78 is 120. The van der Waals surface area contributed by atoms with Gasteiger partial charge in [0.25, 0.3) is 0 Å². The summed E-state index contributed by atoms with van der Waals surface area (Å²) in [5.74, 6) is -3.39. The van der Waals surface area contributed by atoms with Crippen LogP contribution in [0.3, 0.4) is 0 Å². The Balaban J connectivity index is 0.997. The van der Waals surface area contributed by atoms with Crippen molar-refractivity contribution in [3.8, 4) is 18.0 Å². The second-order valence-corrected chi connectivity index (χ2v) is 26.3. The smallest absolute Gasteiger partial charge is 0.328 e. The molecule has 25 nitrogen and oxygen atoms in total. The summed E-state index contributed by atoms with van der Waals surface area (Å²) in [4.78, 5) is 66.4. The number of esters is 4. The van der Waals surface area contributed by atoms with Crippen LogP contribution in [-0.4, -0.2) is 151 Å². The monoisotopic (exact) mass is 1500 g/mol. The molecule has 0 unspecified atom stereocenters. The largest absolute Gasteiger partial charge is 0.463 e. The van der Waals surface area contributed by atoms with Crippen molar-refractivity contribution < 1.29 is 104 Å². The highest BCUT2D eigenvalue weighted by atomic mass is 16.8. The standard InChI is InChI=1S/C85H89N3O22/c1-56(89)95-55-70-73(102-57(2)90)76(103-58(3)91)79(104-59(4)92)82(107-70)110-85-87-83(108-80-77(100-51-66-41-25-11-26-42-66)74(98-49-64-37-21-9-22-38-64)71(96-47-62-33-17-7-18-34-62)68(105-80)53-93-45-60-29-13-5-14-30-60)86-84(88-85)109-81-78(101-52-67-43-27-12-28-44-67)75(99-50-65-39-23-10-24-40-65)72(97-48-63-35-19-8-20-36-63)69(106-81)54-94-46-61-31-15-6-16-32-61/h5-44,68-82H,45-55H2,1-4H3/t68-,69-,70-,71-,72-,73-,74+,75+,76+,77-,78-,79-,80+,81+,82+/m1/s1. The molecule has 110 heavy (non-hydrogen) atoms. The Kier molecular flexibility index (Phi) is 29.4. The van der Waals surface area contributed by atoms with Crippen LogP contribution in [0.15, 0.2) is 243 Å². The van der Waals surface area contributed by atoms with Crippen LogP contribution in [0.4, 0.5) is 0 Å². The molecule has 0 saturated carbocycles. The first-order valence-corrected chi connectivity index (χ1v) is 36.3. The van der Waals surface area contributed by atoms with Crippen molar-refractivity contribution >= 4 is 23.9 Å². The average molecular weight is 1500 g/mol. The fraction of sp³-hybridized carbons (Fsp3) is 0.353. The van der Waals surface area contributed by atoms with Crippen molar-refractivity contribution in [3.05, 3.63) is 287 Å². The maximum Gasteiger partial charge on any atom is 0.328 e. The Morgan fingerprint density at radius 2 is 0.500 bits per heavy atom. The number of nitrogens with zero attached hydrogens (tertiary/aromatic N) is 3. The summed E-state index contributed by atoms with van der Waals surface area (Å²) in [5.41, 5.74) is 6.77. The van der Waals surface area contributed by atoms with Gasteiger partial charge in [0.1, 0.15) is 61.5 Å². The SMILES string of the molecule is CC(=O)OC[C@H]1O[C@@H](Oc2nc(O[C@@H]3O[C@H](COCc4ccccc4)[C@@H](OCc4ccccc4)[C@H](OCc4ccccc4)[C@H]3OCc3ccccc3)nc(O[C@@H]3O[C@H](COCc4ccccc4)[C@@H](OCc4ccccc4)[C@H](OCc4ccccc4)[C@H]3OCc3ccccc3)n2)[C@H](OC(C)=O)[C@@H](OC(C)=O)[C@@H]1OC(C)=O. The average Bonchev–Trinajstić information content (AvgIpc) is 0.766. The Morgan fingerprint density at radius 3 is 0.782 bits per heavy atom. The molecule has 8 aromatic carbocycles. The molecule has 576 valence electrons. The Hall–Kier alpha value is -10.4. The van der Waals surface area contributed by atoms with E-state index in [1.807, 2.05) is 243 Å². The molecule has 0 N–H and O–H groups in total. The summed E-state index contributed by atoms with van der Waals surface area (Å²) in [5, 5.41) is 0. The van der Waals surface area contributed by atoms with Crippen molar-refractivity contribution in [1.82, 2.24) is 15.0 Å². The molecule has 9 aromatic rings. The van der Waals surface area contributed by atoms with Gasteiger partial charge < -0.3 is 85.3 Å². The van der Waals surface area contributed by atoms with E-state index in [9.17, 15) is 19.2 Å². The molecule has 3 aliphatic heterocycles. The van der Waals surface area contributed by atoms with E-state index in [1.165, 1.54) is 0 Å². The van der Waals surface area contributed by atoms with E-state index < -0.39 is 141 Å². The van der Waals surface area contributed by atoms with Crippen molar-refractivity contribution in [1.29, 1.82) is 0 Å². The highest BCUT2D eigenvalue weighted by molar-refractivity contribution is 5.69. The van der Waals surface area contributed by atoms with Gasteiger partial charge in [-0.1, -0.05) is 243 Å². The van der Waals surface area contributed by atoms with Crippen LogP contribution in [0, 0.1) is 0 Å². The van der Waals surface area contributed by atoms with Crippen LogP contribution in [0.1, 0.15) is 72.2 Å². The van der Waals surface area contributed by atoms with Crippen LogP contribution in [0.2, 0.25) is 0 Å². The Labute approximate surface area is 638 Å². The second-order valence-electron chi connectivity index (χ2n) is 26.3. The molecule has 3 fully saturated rings. The molecule has 0 spiro atoms. The number of ether oxygens (including phenoxy) is 18. The van der Waals surface area contributed by atoms with Crippen LogP contribution in [0.5, 0.6) is 18.0 Å². The predicted molar refractivity (Wildman–Crippen MR) is 393 cm³/mol. The highest BCUT2D eigenvalue weighted by Crippen LogP contribution is 2.37. The molecule has 0 aliphatic carbocycles. The van der Waals surface area contributed by atoms with Crippen molar-refractivity contribution in [2.45, 2.75) is 173 Å². The number of hydrogen-bond acceptors (Lipinski definition) is 25. The van der Waals surface area contributed by atoms with Gasteiger partial charge in [-0.25, -0.2) is 0 Å². The lowest BCUT2D eigenvalue weighted by Crippen LogP contribution is -2.63. The molecule has 0 bridgehead atoms. The lowest BCUT2D eigenvalue weighted by atomic mass is 9.97. The topological polar surface area (TPSA) is 273 Å². The van der Waals surface area contributed by atoms with Crippen molar-refractivity contribution in [3.63, 3.8) is 0 Å². The van der Waals surface area contributed by atoms with Gasteiger partial charge >= 0.3 is 41.9 Å². The van der Waals surface area contributed by atoms with Crippen molar-refractivity contribution in [2.24, 2.45) is 0 Å². The maximum absolute atomic E-state index is 13.3. The minimum absolute atomic E-state index is 0.00646. The molecule has 4 heterocycles. The third-order valence-corrected chi connectivity index (χ3v) is 17.9. The van der Waals surface area contributed by atoms with Gasteiger partial charge in [-0.15, -0.1) is 15.0 Å². The molecule has 1 aromatic heterocycles. The number of aromatic nitrogens is 3. The van der Waals surface area contributed by atoms with Crippen LogP contribution >= 0.6 is 0 Å². The van der Waals surface area contributed by atoms with Crippen LogP contribution in [0.25, 0.3) is 0 Å². The molecule has 0 radical (unpaired) electrons. The summed E-state index contributed by atoms with van der Waals surface area (Å²) >= 11 is 0. The zero-order valence-electron chi connectivity index (χ0n) is 61.4. The second kappa shape index (κ2) is 40.9. The number of carbonyl (C=O) groups excluding carboxylic acids is 4. The molecule has 3 saturated heterocycles. The zero-order valence-corrected chi connectivity index (χ0v) is 61.4. The summed E-state index contributed by atoms with van der Waals surface area (Å²) in [6.45, 7) is 4.50. The molecule has 12 rings (SSSR count). The minimum atomic E-state index is -1.90. The first-order chi connectivity index (χ1) is 53.8. The van der Waals surface area contributed by atoms with Gasteiger partial charge in [-0.05, 0) is 44.5 Å². The van der Waals surface area contributed by atoms with Crippen LogP contribution < -0.4 is 14.2 Å². The van der Waals surface area contributed by atoms with E-state index in [0.29, 0.717) is 0 Å². The van der Waals surface area contributed by atoms with E-state index >= 15 is 0 Å². The fourth-order valence-corrected chi connectivity index (χ4v) is 12.8. The molecular weight excluding hydrogens is 1410 g/mol. The normalized spacial score (nSPS) is 23.7. The van der Waals surface area contributed by atoms with Gasteiger partial charge in [0.05, 0.1) is 66.1 Å². The summed E-state index contributed by atoms with van der Waals surface area (Å²) in [6, 6.07) is 75.2. The summed E-state index contributed by atoms with van der Waals surface area (Å²) in [6.07, 6.45) is -19.7.